The van der Waals surface area contributed by atoms with Crippen LogP contribution in [0.5, 0.6) is 11.8 Å². The van der Waals surface area contributed by atoms with Gasteiger partial charge < -0.3 is 47.8 Å². The van der Waals surface area contributed by atoms with Gasteiger partial charge >= 0.3 is 36.9 Å². The minimum Gasteiger partial charge on any atom is -0.474 e. The van der Waals surface area contributed by atoms with Gasteiger partial charge in [0, 0.05) is 0 Å². The number of carbonyl (C=O) groups is 2. The highest BCUT2D eigenvalue weighted by atomic mass is 19.4. The fourth-order valence-corrected chi connectivity index (χ4v) is 8.01. The van der Waals surface area contributed by atoms with Crippen molar-refractivity contribution in [2.45, 2.75) is 185 Å². The number of aliphatic hydroxyl groups excluding tert-OH is 2. The average Bonchev–Trinajstić information content (AvgIpc) is 3.68. The number of halogens is 12. The molecule has 5 aromatic rings. The molecule has 0 spiro atoms. The van der Waals surface area contributed by atoms with Crippen LogP contribution >= 0.6 is 0 Å². The van der Waals surface area contributed by atoms with Crippen LogP contribution in [-0.4, -0.2) is 106 Å². The maximum atomic E-state index is 15.0. The van der Waals surface area contributed by atoms with Crippen LogP contribution in [0.25, 0.3) is 23.2 Å². The minimum atomic E-state index is -5.32. The normalized spacial score (nSPS) is 22.3. The molecule has 2 unspecified atom stereocenters. The van der Waals surface area contributed by atoms with Crippen molar-refractivity contribution in [1.29, 1.82) is 0 Å². The van der Waals surface area contributed by atoms with Crippen molar-refractivity contribution in [3.63, 3.8) is 0 Å². The van der Waals surface area contributed by atoms with E-state index in [9.17, 15) is 77.6 Å². The number of amides is 2. The van der Waals surface area contributed by atoms with E-state index in [0.29, 0.717) is 17.7 Å². The lowest BCUT2D eigenvalue weighted by Crippen LogP contribution is -2.46. The highest BCUT2D eigenvalue weighted by Crippen LogP contribution is 2.49. The summed E-state index contributed by atoms with van der Waals surface area (Å²) >= 11 is 0. The van der Waals surface area contributed by atoms with E-state index < -0.39 is 185 Å². The second-order valence-corrected chi connectivity index (χ2v) is 21.4. The highest BCUT2D eigenvalue weighted by molar-refractivity contribution is 5.90. The van der Waals surface area contributed by atoms with Crippen molar-refractivity contribution in [3.8, 4) is 34.9 Å². The van der Waals surface area contributed by atoms with E-state index >= 15 is 0 Å². The van der Waals surface area contributed by atoms with Crippen molar-refractivity contribution in [3.05, 3.63) is 70.9 Å². The topological polar surface area (TPSA) is 269 Å². The third-order valence-electron chi connectivity index (χ3n) is 12.2. The predicted molar refractivity (Wildman–Crippen MR) is 263 cm³/mol. The van der Waals surface area contributed by atoms with Gasteiger partial charge in [-0.15, -0.1) is 20.4 Å². The molecule has 2 aliphatic heterocycles. The molecule has 32 heteroatoms. The molecule has 4 aromatic heterocycles. The lowest BCUT2D eigenvalue weighted by Gasteiger charge is -2.33. The quantitative estimate of drug-likeness (QED) is 0.102. The fraction of sp³-hybridized carbons (Fsp3) is 0.569. The number of pyridine rings is 2. The molecule has 2 amide bonds. The van der Waals surface area contributed by atoms with Gasteiger partial charge in [-0.2, -0.15) is 52.7 Å². The number of alkyl halides is 12. The van der Waals surface area contributed by atoms with Crippen LogP contribution in [0.15, 0.2) is 51.3 Å². The van der Waals surface area contributed by atoms with Gasteiger partial charge in [0.2, 0.25) is 23.0 Å². The number of carbonyl (C=O) groups excluding carboxylic acids is 2. The van der Waals surface area contributed by atoms with Crippen molar-refractivity contribution < 1.29 is 110 Å². The lowest BCUT2D eigenvalue weighted by molar-refractivity contribution is -0.301. The van der Waals surface area contributed by atoms with E-state index in [1.807, 2.05) is 0 Å². The highest BCUT2D eigenvalue weighted by Gasteiger charge is 2.62. The Hall–Kier alpha value is -7.06. The Morgan fingerprint density at radius 3 is 1.43 bits per heavy atom. The zero-order valence-corrected chi connectivity index (χ0v) is 45.4. The number of rotatable bonds is 5. The lowest BCUT2D eigenvalue weighted by atomic mass is 9.92. The summed E-state index contributed by atoms with van der Waals surface area (Å²) in [5.41, 5.74) is -14.0. The standard InChI is InChI=1S/C29H32F6N4O6.C22H26F6N4O6/c1-16-10-11-18(40)12-13-27(29(33,34)35,42-15-17-8-6-5-7-9-17)24-39-38-23(44-24)21-20(36-25(41)45-26(2,3)4)14-19(28(30,31)32)22(37-21)43-16;1-10-5-6-11(33)7-8-20(35,22(26,27)28)17-32-31-16(37-17)14-13(29-18(34)38-19(2,3)4)9-12(21(23,24)25)15(30-14)36-10/h5-9,14,16,18,40H,10-13,15H2,1-4H3,(H,36,41);9-11,33,35H,5-8H2,1-4H3,(H,29,34)/t16-,18?,27-;10-,11?,20-/m11/s1. The zero-order chi connectivity index (χ0) is 61.9. The Morgan fingerprint density at radius 2 is 1.02 bits per heavy atom. The average molecular weight is 1200 g/mol. The van der Waals surface area contributed by atoms with Crippen LogP contribution < -0.4 is 20.1 Å². The molecule has 2 aliphatic rings. The summed E-state index contributed by atoms with van der Waals surface area (Å²) in [6, 6.07) is 8.91. The largest absolute Gasteiger partial charge is 0.474 e. The number of nitrogens with one attached hydrogen (secondary N) is 2. The SMILES string of the molecule is C[C@@H]1CCC(O)CC[C@](O)(C(F)(F)F)c2nnc(o2)-c2nc(c(C(F)(F)F)cc2NC(=O)OC(C)(C)C)O1.C[C@@H]1CCC(O)CC[C@](OCc2ccccc2)(C(F)(F)F)c2nnc(o2)-c2nc(c(C(F)(F)F)cc2NC(=O)OC(C)(C)C)O1. The molecule has 0 aliphatic carbocycles. The van der Waals surface area contributed by atoms with Crippen LogP contribution in [0.3, 0.4) is 0 Å². The van der Waals surface area contributed by atoms with Crippen molar-refractivity contribution in [2.24, 2.45) is 0 Å². The Morgan fingerprint density at radius 1 is 0.602 bits per heavy atom. The Balaban J connectivity index is 0.000000271. The first-order valence-electron chi connectivity index (χ1n) is 25.3. The number of fused-ring (bicyclic) bond motifs is 10. The Kier molecular flexibility index (Phi) is 19.3. The van der Waals surface area contributed by atoms with Gasteiger partial charge in [-0.3, -0.25) is 10.6 Å². The predicted octanol–water partition coefficient (Wildman–Crippen LogP) is 12.1. The van der Waals surface area contributed by atoms with Crippen LogP contribution in [0.4, 0.5) is 73.6 Å². The van der Waals surface area contributed by atoms with Crippen LogP contribution in [0.2, 0.25) is 0 Å². The van der Waals surface area contributed by atoms with Gasteiger partial charge in [-0.25, -0.2) is 19.6 Å². The number of aromatic nitrogens is 6. The summed E-state index contributed by atoms with van der Waals surface area (Å²) in [5.74, 6) is -5.95. The second kappa shape index (κ2) is 24.6. The first-order chi connectivity index (χ1) is 38.2. The minimum absolute atomic E-state index is 0.0321. The van der Waals surface area contributed by atoms with Crippen LogP contribution in [0.1, 0.15) is 135 Å². The van der Waals surface area contributed by atoms with Crippen molar-refractivity contribution in [1.82, 2.24) is 30.4 Å². The molecule has 7 rings (SSSR count). The van der Waals surface area contributed by atoms with Gasteiger partial charge in [0.25, 0.3) is 23.6 Å². The van der Waals surface area contributed by atoms with E-state index in [2.05, 4.69) is 41.0 Å². The van der Waals surface area contributed by atoms with E-state index in [-0.39, 0.29) is 25.7 Å². The summed E-state index contributed by atoms with van der Waals surface area (Å²) in [4.78, 5) is 32.6. The first-order valence-corrected chi connectivity index (χ1v) is 25.3. The monoisotopic (exact) mass is 1200 g/mol. The molecule has 83 heavy (non-hydrogen) atoms. The van der Waals surface area contributed by atoms with Crippen molar-refractivity contribution >= 4 is 23.6 Å². The van der Waals surface area contributed by atoms with Crippen molar-refractivity contribution in [2.75, 3.05) is 10.6 Å². The smallest absolute Gasteiger partial charge is 0.426 e. The van der Waals surface area contributed by atoms with E-state index in [1.165, 1.54) is 55.4 Å². The fourth-order valence-electron chi connectivity index (χ4n) is 8.01. The Bertz CT molecular complexity index is 3040. The molecule has 458 valence electrons. The molecule has 0 saturated heterocycles. The zero-order valence-electron chi connectivity index (χ0n) is 45.4. The van der Waals surface area contributed by atoms with E-state index in [1.54, 1.807) is 30.3 Å². The summed E-state index contributed by atoms with van der Waals surface area (Å²) in [6.45, 7) is 11.3. The van der Waals surface area contributed by atoms with Gasteiger partial charge in [-0.1, -0.05) is 30.3 Å². The van der Waals surface area contributed by atoms with E-state index in [4.69, 9.17) is 32.5 Å². The molecular weight excluding hydrogens is 1140 g/mol. The number of ether oxygens (including phenoxy) is 5. The molecule has 0 radical (unpaired) electrons. The number of benzene rings is 1. The molecule has 0 saturated carbocycles. The number of hydrogen-bond donors (Lipinski definition) is 5. The summed E-state index contributed by atoms with van der Waals surface area (Å²) < 4.78 is 208. The number of hydrogen-bond acceptors (Lipinski definition) is 18. The summed E-state index contributed by atoms with van der Waals surface area (Å²) in [5, 5.41) is 49.4. The molecule has 8 bridgehead atoms. The van der Waals surface area contributed by atoms with Gasteiger partial charge in [-0.05, 0) is 124 Å². The number of aliphatic hydroxyl groups is 3. The van der Waals surface area contributed by atoms with Gasteiger partial charge in [0.1, 0.15) is 22.3 Å². The first kappa shape index (κ1) is 65.1. The number of nitrogens with zero attached hydrogens (tertiary/aromatic N) is 6. The van der Waals surface area contributed by atoms with Gasteiger partial charge in [0.15, 0.2) is 11.4 Å². The maximum absolute atomic E-state index is 15.0. The third kappa shape index (κ3) is 16.6. The molecule has 20 nitrogen and oxygen atoms in total. The maximum Gasteiger partial charge on any atom is 0.426 e. The molecule has 5 N–H and O–H groups in total. The van der Waals surface area contributed by atoms with Crippen LogP contribution in [-0.2, 0) is 44.4 Å². The summed E-state index contributed by atoms with van der Waals surface area (Å²) in [6.07, 6.45) is -30.8. The number of anilines is 2. The molecule has 0 fully saturated rings. The molecule has 6 heterocycles. The molecule has 1 aromatic carbocycles. The second-order valence-electron chi connectivity index (χ2n) is 21.4. The third-order valence-corrected chi connectivity index (χ3v) is 12.2. The van der Waals surface area contributed by atoms with Crippen LogP contribution in [0, 0.1) is 0 Å². The summed E-state index contributed by atoms with van der Waals surface area (Å²) in [7, 11) is 0. The Labute approximate surface area is 464 Å². The van der Waals surface area contributed by atoms with E-state index in [0.717, 1.165) is 0 Å². The molecular formula is C51H58F12N8O12. The van der Waals surface area contributed by atoms with Gasteiger partial charge in [0.05, 0.1) is 42.4 Å². The molecule has 6 atom stereocenters.